The van der Waals surface area contributed by atoms with E-state index in [1.807, 2.05) is 41.3 Å². The van der Waals surface area contributed by atoms with Gasteiger partial charge in [0.05, 0.1) is 5.69 Å². The van der Waals surface area contributed by atoms with E-state index >= 15 is 0 Å². The lowest BCUT2D eigenvalue weighted by Crippen LogP contribution is -2.54. The van der Waals surface area contributed by atoms with Crippen LogP contribution in [0.4, 0.5) is 10.5 Å². The van der Waals surface area contributed by atoms with Crippen molar-refractivity contribution in [3.63, 3.8) is 0 Å². The smallest absolute Gasteiger partial charge is 0.326 e. The predicted molar refractivity (Wildman–Crippen MR) is 123 cm³/mol. The quantitative estimate of drug-likeness (QED) is 0.555. The van der Waals surface area contributed by atoms with Gasteiger partial charge in [0.15, 0.2) is 5.82 Å². The Morgan fingerprint density at radius 2 is 1.64 bits per heavy atom. The number of hydrogen-bond donors (Lipinski definition) is 0. The Labute approximate surface area is 192 Å². The number of hydrogen-bond acceptors (Lipinski definition) is 6. The Morgan fingerprint density at radius 3 is 2.39 bits per heavy atom. The number of imide groups is 1. The van der Waals surface area contributed by atoms with Crippen LogP contribution in [0.25, 0.3) is 5.69 Å². The van der Waals surface area contributed by atoms with Crippen molar-refractivity contribution in [1.29, 1.82) is 0 Å². The Bertz CT molecular complexity index is 1100. The maximum absolute atomic E-state index is 13.1. The Morgan fingerprint density at radius 1 is 0.909 bits per heavy atom. The number of anilines is 1. The minimum atomic E-state index is -0.205. The molecule has 0 aliphatic carbocycles. The van der Waals surface area contributed by atoms with Gasteiger partial charge in [0.25, 0.3) is 0 Å². The fraction of sp³-hybridized carbons (Fsp3) is 0.375. The number of urea groups is 1. The minimum Gasteiger partial charge on any atom is -0.371 e. The van der Waals surface area contributed by atoms with Crippen LogP contribution in [0.15, 0.2) is 60.7 Å². The molecule has 2 aliphatic rings. The molecule has 9 heteroatoms. The standard InChI is InChI=1S/C24H27N7O2/c32-23-13-15-29(18-19-11-14-28(17-19)20-7-3-1-4-8-20)24(33)30(23)16-12-22-25-26-27-31(22)21-9-5-2-6-10-21/h1-10,19H,11-18H2. The van der Waals surface area contributed by atoms with E-state index in [2.05, 4.69) is 44.7 Å². The molecule has 2 aromatic carbocycles. The molecule has 0 N–H and O–H groups in total. The molecule has 0 bridgehead atoms. The number of nitrogens with zero attached hydrogens (tertiary/aromatic N) is 7. The molecule has 0 spiro atoms. The van der Waals surface area contributed by atoms with Crippen molar-refractivity contribution < 1.29 is 9.59 Å². The first-order valence-electron chi connectivity index (χ1n) is 11.4. The highest BCUT2D eigenvalue weighted by atomic mass is 16.2. The first kappa shape index (κ1) is 21.1. The molecule has 3 amide bonds. The Balaban J connectivity index is 1.20. The maximum Gasteiger partial charge on any atom is 0.326 e. The second-order valence-corrected chi connectivity index (χ2v) is 8.55. The largest absolute Gasteiger partial charge is 0.371 e. The molecular formula is C24H27N7O2. The summed E-state index contributed by atoms with van der Waals surface area (Å²) >= 11 is 0. The van der Waals surface area contributed by atoms with E-state index in [4.69, 9.17) is 0 Å². The van der Waals surface area contributed by atoms with Gasteiger partial charge in [-0.3, -0.25) is 9.69 Å². The van der Waals surface area contributed by atoms with Crippen molar-refractivity contribution in [2.45, 2.75) is 19.3 Å². The lowest BCUT2D eigenvalue weighted by atomic mass is 10.1. The number of amides is 3. The fourth-order valence-electron chi connectivity index (χ4n) is 4.64. The molecule has 170 valence electrons. The monoisotopic (exact) mass is 445 g/mol. The van der Waals surface area contributed by atoms with Crippen molar-refractivity contribution in [2.75, 3.05) is 37.6 Å². The van der Waals surface area contributed by atoms with Crippen LogP contribution in [0, 0.1) is 5.92 Å². The van der Waals surface area contributed by atoms with E-state index in [0.29, 0.717) is 37.7 Å². The van der Waals surface area contributed by atoms with Gasteiger partial charge in [0, 0.05) is 51.3 Å². The number of benzene rings is 2. The highest BCUT2D eigenvalue weighted by molar-refractivity contribution is 5.96. The van der Waals surface area contributed by atoms with Gasteiger partial charge in [-0.1, -0.05) is 36.4 Å². The van der Waals surface area contributed by atoms with Gasteiger partial charge in [-0.05, 0) is 47.0 Å². The number of carbonyl (C=O) groups excluding carboxylic acids is 2. The Kier molecular flexibility index (Phi) is 6.01. The van der Waals surface area contributed by atoms with E-state index in [1.165, 1.54) is 10.6 Å². The van der Waals surface area contributed by atoms with Gasteiger partial charge in [0.1, 0.15) is 0 Å². The lowest BCUT2D eigenvalue weighted by molar-refractivity contribution is -0.131. The molecular weight excluding hydrogens is 418 g/mol. The topological polar surface area (TPSA) is 87.5 Å². The van der Waals surface area contributed by atoms with Crippen LogP contribution in [0.2, 0.25) is 0 Å². The number of rotatable bonds is 7. The van der Waals surface area contributed by atoms with E-state index in [0.717, 1.165) is 25.2 Å². The number of aromatic nitrogens is 4. The summed E-state index contributed by atoms with van der Waals surface area (Å²) in [6.45, 7) is 3.34. The third-order valence-electron chi connectivity index (χ3n) is 6.38. The zero-order valence-corrected chi connectivity index (χ0v) is 18.5. The molecule has 1 atom stereocenters. The molecule has 2 aliphatic heterocycles. The van der Waals surface area contributed by atoms with E-state index in [1.54, 1.807) is 4.68 Å². The average Bonchev–Trinajstić information content (AvgIpc) is 3.52. The van der Waals surface area contributed by atoms with Crippen LogP contribution in [0.5, 0.6) is 0 Å². The van der Waals surface area contributed by atoms with Crippen molar-refractivity contribution in [3.05, 3.63) is 66.5 Å². The number of tetrazole rings is 1. The number of para-hydroxylation sites is 2. The summed E-state index contributed by atoms with van der Waals surface area (Å²) < 4.78 is 1.65. The predicted octanol–water partition coefficient (Wildman–Crippen LogP) is 2.39. The summed E-state index contributed by atoms with van der Waals surface area (Å²) in [5, 5.41) is 11.9. The number of carbonyl (C=O) groups is 2. The third kappa shape index (κ3) is 4.57. The SMILES string of the molecule is O=C1CCN(CC2CCN(c3ccccc3)C2)C(=O)N1CCc1nnnn1-c1ccccc1. The zero-order valence-electron chi connectivity index (χ0n) is 18.5. The molecule has 9 nitrogen and oxygen atoms in total. The van der Waals surface area contributed by atoms with Crippen molar-refractivity contribution >= 4 is 17.6 Å². The molecule has 0 radical (unpaired) electrons. The van der Waals surface area contributed by atoms with Gasteiger partial charge in [-0.15, -0.1) is 5.10 Å². The molecule has 33 heavy (non-hydrogen) atoms. The van der Waals surface area contributed by atoms with E-state index < -0.39 is 0 Å². The van der Waals surface area contributed by atoms with E-state index in [9.17, 15) is 9.59 Å². The Hall–Kier alpha value is -3.75. The lowest BCUT2D eigenvalue weighted by Gasteiger charge is -2.35. The van der Waals surface area contributed by atoms with Gasteiger partial charge in [-0.25, -0.2) is 4.79 Å². The van der Waals surface area contributed by atoms with Crippen LogP contribution in [-0.4, -0.2) is 74.7 Å². The molecule has 1 unspecified atom stereocenters. The average molecular weight is 446 g/mol. The van der Waals surface area contributed by atoms with Crippen LogP contribution in [0.1, 0.15) is 18.7 Å². The molecule has 0 saturated carbocycles. The van der Waals surface area contributed by atoms with Crippen LogP contribution in [-0.2, 0) is 11.2 Å². The van der Waals surface area contributed by atoms with Crippen molar-refractivity contribution in [3.8, 4) is 5.69 Å². The maximum atomic E-state index is 13.1. The highest BCUT2D eigenvalue weighted by Gasteiger charge is 2.34. The summed E-state index contributed by atoms with van der Waals surface area (Å²) in [6.07, 6.45) is 1.79. The minimum absolute atomic E-state index is 0.132. The summed E-state index contributed by atoms with van der Waals surface area (Å²) in [5.74, 6) is 0.884. The van der Waals surface area contributed by atoms with Gasteiger partial charge in [0.2, 0.25) is 5.91 Å². The second kappa shape index (κ2) is 9.40. The highest BCUT2D eigenvalue weighted by Crippen LogP contribution is 2.25. The van der Waals surface area contributed by atoms with Crippen LogP contribution >= 0.6 is 0 Å². The third-order valence-corrected chi connectivity index (χ3v) is 6.38. The van der Waals surface area contributed by atoms with E-state index in [-0.39, 0.29) is 18.5 Å². The van der Waals surface area contributed by atoms with Gasteiger partial charge < -0.3 is 9.80 Å². The van der Waals surface area contributed by atoms with Crippen molar-refractivity contribution in [2.24, 2.45) is 5.92 Å². The summed E-state index contributed by atoms with van der Waals surface area (Å²) in [5.41, 5.74) is 2.07. The molecule has 1 aromatic heterocycles. The summed E-state index contributed by atoms with van der Waals surface area (Å²) in [7, 11) is 0. The first-order valence-corrected chi connectivity index (χ1v) is 11.4. The van der Waals surface area contributed by atoms with Gasteiger partial charge in [-0.2, -0.15) is 4.68 Å². The zero-order chi connectivity index (χ0) is 22.6. The normalized spacial score (nSPS) is 18.9. The molecule has 3 aromatic rings. The van der Waals surface area contributed by atoms with Crippen LogP contribution in [0.3, 0.4) is 0 Å². The van der Waals surface area contributed by atoms with Crippen LogP contribution < -0.4 is 4.90 Å². The second-order valence-electron chi connectivity index (χ2n) is 8.55. The molecule has 5 rings (SSSR count). The summed E-state index contributed by atoms with van der Waals surface area (Å²) in [6, 6.07) is 19.8. The van der Waals surface area contributed by atoms with Crippen molar-refractivity contribution in [1.82, 2.24) is 30.0 Å². The molecule has 2 fully saturated rings. The summed E-state index contributed by atoms with van der Waals surface area (Å²) in [4.78, 5) is 31.3. The van der Waals surface area contributed by atoms with Gasteiger partial charge >= 0.3 is 6.03 Å². The first-order chi connectivity index (χ1) is 16.2. The fourth-order valence-corrected chi connectivity index (χ4v) is 4.64. The molecule has 2 saturated heterocycles. The molecule has 3 heterocycles.